The molecule has 2 aromatic carbocycles. The molecule has 0 aromatic heterocycles. The molecule has 1 aliphatic heterocycles. The fraction of sp³-hybridized carbons (Fsp3) is 0.176. The van der Waals surface area contributed by atoms with Gasteiger partial charge in [-0.3, -0.25) is 9.59 Å². The summed E-state index contributed by atoms with van der Waals surface area (Å²) in [5.74, 6) is -0.916. The predicted octanol–water partition coefficient (Wildman–Crippen LogP) is 3.69. The van der Waals surface area contributed by atoms with E-state index in [2.05, 4.69) is 0 Å². The summed E-state index contributed by atoms with van der Waals surface area (Å²) in [4.78, 5) is 26.1. The van der Waals surface area contributed by atoms with Gasteiger partial charge >= 0.3 is 0 Å². The van der Waals surface area contributed by atoms with Crippen molar-refractivity contribution in [2.45, 2.75) is 20.4 Å². The van der Waals surface area contributed by atoms with Gasteiger partial charge in [-0.2, -0.15) is 0 Å². The third-order valence-corrected chi connectivity index (χ3v) is 4.18. The second-order valence-electron chi connectivity index (χ2n) is 5.23. The molecule has 0 aliphatic carbocycles. The Hall–Kier alpha value is -2.13. The molecule has 21 heavy (non-hydrogen) atoms. The number of Topliss-reactive ketones (excluding diaryl/α,β-unsaturated/α-hetero) is 1. The second kappa shape index (κ2) is 5.01. The van der Waals surface area contributed by atoms with Crippen LogP contribution in [0.15, 0.2) is 36.4 Å². The Kier molecular flexibility index (Phi) is 3.30. The van der Waals surface area contributed by atoms with Crippen LogP contribution in [0.1, 0.15) is 27.0 Å². The average molecular weight is 300 g/mol. The van der Waals surface area contributed by atoms with Crippen LogP contribution >= 0.6 is 11.6 Å². The number of carbonyl (C=O) groups excluding carboxylic acids is 2. The van der Waals surface area contributed by atoms with Crippen LogP contribution in [-0.4, -0.2) is 11.7 Å². The Labute approximate surface area is 128 Å². The van der Waals surface area contributed by atoms with Gasteiger partial charge in [-0.1, -0.05) is 41.9 Å². The molecule has 0 unspecified atom stereocenters. The molecule has 2 aromatic rings. The zero-order valence-corrected chi connectivity index (χ0v) is 12.6. The molecule has 1 heterocycles. The van der Waals surface area contributed by atoms with Gasteiger partial charge in [-0.05, 0) is 36.6 Å². The van der Waals surface area contributed by atoms with Gasteiger partial charge in [0.15, 0.2) is 0 Å². The first-order valence-electron chi connectivity index (χ1n) is 6.70. The number of halogens is 1. The fourth-order valence-corrected chi connectivity index (χ4v) is 2.91. The summed E-state index contributed by atoms with van der Waals surface area (Å²) in [6, 6.07) is 11.2. The van der Waals surface area contributed by atoms with Gasteiger partial charge in [0.1, 0.15) is 0 Å². The van der Waals surface area contributed by atoms with E-state index in [4.69, 9.17) is 11.6 Å². The maximum atomic E-state index is 12.3. The third kappa shape index (κ3) is 2.14. The molecule has 3 nitrogen and oxygen atoms in total. The smallest absolute Gasteiger partial charge is 0.299 e. The molecule has 0 bridgehead atoms. The molecule has 0 fully saturated rings. The van der Waals surface area contributed by atoms with E-state index in [1.165, 1.54) is 4.90 Å². The highest BCUT2D eigenvalue weighted by Gasteiger charge is 2.38. The van der Waals surface area contributed by atoms with Gasteiger partial charge in [-0.15, -0.1) is 0 Å². The first-order chi connectivity index (χ1) is 10.0. The van der Waals surface area contributed by atoms with Crippen molar-refractivity contribution in [1.29, 1.82) is 0 Å². The Morgan fingerprint density at radius 3 is 2.38 bits per heavy atom. The van der Waals surface area contributed by atoms with Crippen LogP contribution in [0.4, 0.5) is 5.69 Å². The van der Waals surface area contributed by atoms with Gasteiger partial charge in [0.2, 0.25) is 0 Å². The van der Waals surface area contributed by atoms with Crippen LogP contribution in [0.5, 0.6) is 0 Å². The van der Waals surface area contributed by atoms with E-state index in [0.29, 0.717) is 22.8 Å². The highest BCUT2D eigenvalue weighted by atomic mass is 35.5. The standard InChI is InChI=1S/C17H14ClNO2/c1-10-7-8-11(2)15-14(10)16(20)17(21)19(15)9-12-5-3-4-6-13(12)18/h3-8H,9H2,1-2H3. The lowest BCUT2D eigenvalue weighted by molar-refractivity contribution is -0.114. The maximum Gasteiger partial charge on any atom is 0.299 e. The second-order valence-corrected chi connectivity index (χ2v) is 5.64. The van der Waals surface area contributed by atoms with E-state index in [1.54, 1.807) is 6.07 Å². The van der Waals surface area contributed by atoms with Crippen molar-refractivity contribution < 1.29 is 9.59 Å². The number of nitrogens with zero attached hydrogens (tertiary/aromatic N) is 1. The molecule has 0 saturated carbocycles. The Balaban J connectivity index is 2.10. The van der Waals surface area contributed by atoms with E-state index < -0.39 is 11.7 Å². The van der Waals surface area contributed by atoms with Crippen molar-refractivity contribution >= 4 is 29.0 Å². The van der Waals surface area contributed by atoms with Crippen LogP contribution in [-0.2, 0) is 11.3 Å². The van der Waals surface area contributed by atoms with Crippen molar-refractivity contribution in [2.24, 2.45) is 0 Å². The normalized spacial score (nSPS) is 13.8. The number of rotatable bonds is 2. The third-order valence-electron chi connectivity index (χ3n) is 3.81. The van der Waals surface area contributed by atoms with Crippen molar-refractivity contribution in [2.75, 3.05) is 4.90 Å². The number of fused-ring (bicyclic) bond motifs is 1. The molecule has 0 atom stereocenters. The number of aryl methyl sites for hydroxylation is 2. The van der Waals surface area contributed by atoms with Crippen LogP contribution < -0.4 is 4.90 Å². The molecule has 3 rings (SSSR count). The summed E-state index contributed by atoms with van der Waals surface area (Å²) >= 11 is 6.16. The number of benzene rings is 2. The minimum Gasteiger partial charge on any atom is -0.300 e. The molecular formula is C17H14ClNO2. The molecule has 0 radical (unpaired) electrons. The summed E-state index contributed by atoms with van der Waals surface area (Å²) in [5, 5.41) is 0.594. The molecule has 0 N–H and O–H groups in total. The lowest BCUT2D eigenvalue weighted by Gasteiger charge is -2.19. The number of amides is 1. The summed E-state index contributed by atoms with van der Waals surface area (Å²) in [6.07, 6.45) is 0. The molecular weight excluding hydrogens is 286 g/mol. The van der Waals surface area contributed by atoms with Crippen LogP contribution in [0, 0.1) is 13.8 Å². The number of hydrogen-bond acceptors (Lipinski definition) is 2. The summed E-state index contributed by atoms with van der Waals surface area (Å²) < 4.78 is 0. The van der Waals surface area contributed by atoms with Crippen molar-refractivity contribution in [1.82, 2.24) is 0 Å². The summed E-state index contributed by atoms with van der Waals surface area (Å²) in [5.41, 5.74) is 3.81. The van der Waals surface area contributed by atoms with Gasteiger partial charge in [0.25, 0.3) is 11.7 Å². The number of ketones is 1. The van der Waals surface area contributed by atoms with Gasteiger partial charge in [-0.25, -0.2) is 0 Å². The lowest BCUT2D eigenvalue weighted by Crippen LogP contribution is -2.29. The van der Waals surface area contributed by atoms with E-state index >= 15 is 0 Å². The Bertz CT molecular complexity index is 767. The van der Waals surface area contributed by atoms with E-state index in [0.717, 1.165) is 16.7 Å². The molecule has 0 spiro atoms. The van der Waals surface area contributed by atoms with Crippen LogP contribution in [0.3, 0.4) is 0 Å². The Morgan fingerprint density at radius 1 is 1.00 bits per heavy atom. The average Bonchev–Trinajstić information content (AvgIpc) is 2.71. The number of anilines is 1. The molecule has 0 saturated heterocycles. The summed E-state index contributed by atoms with van der Waals surface area (Å²) in [7, 11) is 0. The number of hydrogen-bond donors (Lipinski definition) is 0. The zero-order valence-electron chi connectivity index (χ0n) is 11.8. The molecule has 4 heteroatoms. The first-order valence-corrected chi connectivity index (χ1v) is 7.08. The quantitative estimate of drug-likeness (QED) is 0.793. The molecule has 106 valence electrons. The maximum absolute atomic E-state index is 12.3. The first kappa shape index (κ1) is 13.8. The van der Waals surface area contributed by atoms with Crippen molar-refractivity contribution in [3.8, 4) is 0 Å². The minimum absolute atomic E-state index is 0.307. The van der Waals surface area contributed by atoms with Gasteiger partial charge in [0.05, 0.1) is 17.8 Å². The van der Waals surface area contributed by atoms with Gasteiger partial charge in [0, 0.05) is 5.02 Å². The highest BCUT2D eigenvalue weighted by Crippen LogP contribution is 2.36. The fourth-order valence-electron chi connectivity index (χ4n) is 2.71. The van der Waals surface area contributed by atoms with Gasteiger partial charge < -0.3 is 4.90 Å². The van der Waals surface area contributed by atoms with Crippen LogP contribution in [0.25, 0.3) is 0 Å². The Morgan fingerprint density at radius 2 is 1.67 bits per heavy atom. The monoisotopic (exact) mass is 299 g/mol. The molecule has 1 amide bonds. The predicted molar refractivity (Wildman–Crippen MR) is 82.9 cm³/mol. The molecule has 1 aliphatic rings. The largest absolute Gasteiger partial charge is 0.300 e. The lowest BCUT2D eigenvalue weighted by atomic mass is 10.0. The highest BCUT2D eigenvalue weighted by molar-refractivity contribution is 6.52. The summed E-state index contributed by atoms with van der Waals surface area (Å²) in [6.45, 7) is 4.06. The van der Waals surface area contributed by atoms with Crippen molar-refractivity contribution in [3.05, 3.63) is 63.7 Å². The topological polar surface area (TPSA) is 37.4 Å². The van der Waals surface area contributed by atoms with Crippen LogP contribution in [0.2, 0.25) is 5.02 Å². The van der Waals surface area contributed by atoms with Crippen molar-refractivity contribution in [3.63, 3.8) is 0 Å². The van der Waals surface area contributed by atoms with E-state index in [9.17, 15) is 9.59 Å². The van der Waals surface area contributed by atoms with E-state index in [-0.39, 0.29) is 0 Å². The minimum atomic E-state index is -0.484. The SMILES string of the molecule is Cc1ccc(C)c2c1C(=O)C(=O)N2Cc1ccccc1Cl. The number of carbonyl (C=O) groups is 2. The van der Waals surface area contributed by atoms with E-state index in [1.807, 2.05) is 44.2 Å². The zero-order chi connectivity index (χ0) is 15.1.